The summed E-state index contributed by atoms with van der Waals surface area (Å²) < 4.78 is 0. The van der Waals surface area contributed by atoms with Gasteiger partial charge in [-0.15, -0.1) is 0 Å². The summed E-state index contributed by atoms with van der Waals surface area (Å²) in [7, 11) is 0. The Morgan fingerprint density at radius 3 is 2.80 bits per heavy atom. The van der Waals surface area contributed by atoms with E-state index in [1.165, 1.54) is 0 Å². The molecule has 1 N–H and O–H groups in total. The van der Waals surface area contributed by atoms with Crippen LogP contribution in [0.2, 0.25) is 0 Å². The van der Waals surface area contributed by atoms with Crippen molar-refractivity contribution >= 4 is 0 Å². The molecule has 1 heterocycles. The van der Waals surface area contributed by atoms with Crippen LogP contribution in [0.15, 0.2) is 0 Å². The minimum Gasteiger partial charge on any atom is -0.390 e. The first kappa shape index (κ1) is 7.52. The zero-order chi connectivity index (χ0) is 7.56. The molecule has 0 spiro atoms. The van der Waals surface area contributed by atoms with Gasteiger partial charge in [-0.3, -0.25) is 4.90 Å². The van der Waals surface area contributed by atoms with Crippen LogP contribution in [0.1, 0.15) is 13.3 Å². The summed E-state index contributed by atoms with van der Waals surface area (Å²) in [5.41, 5.74) is 0. The molecule has 1 saturated heterocycles. The molecule has 1 fully saturated rings. The molecule has 0 amide bonds. The van der Waals surface area contributed by atoms with Gasteiger partial charge >= 0.3 is 0 Å². The fourth-order valence-corrected chi connectivity index (χ4v) is 1.11. The molecule has 3 nitrogen and oxygen atoms in total. The number of hydrogen-bond acceptors (Lipinski definition) is 3. The topological polar surface area (TPSA) is 47.3 Å². The molecule has 1 atom stereocenters. The van der Waals surface area contributed by atoms with Crippen molar-refractivity contribution in [3.05, 3.63) is 0 Å². The quantitative estimate of drug-likeness (QED) is 0.585. The summed E-state index contributed by atoms with van der Waals surface area (Å²) in [5, 5.41) is 17.2. The predicted octanol–water partition coefficient (Wildman–Crippen LogP) is -0.0349. The second-order valence-electron chi connectivity index (χ2n) is 2.82. The summed E-state index contributed by atoms with van der Waals surface area (Å²) in [6, 6.07) is 2.42. The standard InChI is InChI=1S/C7H12N2O/c1-6(2-3-8)9-4-7(10)5-9/h6-7,10H,2,4-5H2,1H3. The Balaban J connectivity index is 2.19. The summed E-state index contributed by atoms with van der Waals surface area (Å²) in [6.45, 7) is 3.49. The van der Waals surface area contributed by atoms with Crippen LogP contribution in [0.3, 0.4) is 0 Å². The van der Waals surface area contributed by atoms with E-state index in [0.29, 0.717) is 12.5 Å². The van der Waals surface area contributed by atoms with Crippen LogP contribution >= 0.6 is 0 Å². The monoisotopic (exact) mass is 140 g/mol. The van der Waals surface area contributed by atoms with E-state index in [9.17, 15) is 0 Å². The van der Waals surface area contributed by atoms with E-state index in [4.69, 9.17) is 10.4 Å². The van der Waals surface area contributed by atoms with Gasteiger partial charge in [-0.1, -0.05) is 0 Å². The normalized spacial score (nSPS) is 23.3. The van der Waals surface area contributed by atoms with Gasteiger partial charge in [-0.2, -0.15) is 5.26 Å². The average Bonchev–Trinajstić information content (AvgIpc) is 1.82. The molecule has 0 bridgehead atoms. The molecule has 1 aliphatic heterocycles. The first-order valence-corrected chi connectivity index (χ1v) is 3.53. The number of aliphatic hydroxyl groups is 1. The third-order valence-electron chi connectivity index (χ3n) is 1.90. The highest BCUT2D eigenvalue weighted by molar-refractivity contribution is 4.87. The number of aliphatic hydroxyl groups excluding tert-OH is 1. The average molecular weight is 140 g/mol. The van der Waals surface area contributed by atoms with Gasteiger partial charge in [-0.05, 0) is 6.92 Å². The highest BCUT2D eigenvalue weighted by Crippen LogP contribution is 2.13. The highest BCUT2D eigenvalue weighted by Gasteiger charge is 2.27. The van der Waals surface area contributed by atoms with E-state index < -0.39 is 0 Å². The highest BCUT2D eigenvalue weighted by atomic mass is 16.3. The number of nitrogens with zero attached hydrogens (tertiary/aromatic N) is 2. The molecular weight excluding hydrogens is 128 g/mol. The zero-order valence-electron chi connectivity index (χ0n) is 6.12. The third-order valence-corrected chi connectivity index (χ3v) is 1.90. The van der Waals surface area contributed by atoms with Crippen molar-refractivity contribution in [2.24, 2.45) is 0 Å². The fourth-order valence-electron chi connectivity index (χ4n) is 1.11. The van der Waals surface area contributed by atoms with Gasteiger partial charge < -0.3 is 5.11 Å². The minimum atomic E-state index is -0.152. The molecular formula is C7H12N2O. The summed E-state index contributed by atoms with van der Waals surface area (Å²) in [5.74, 6) is 0. The van der Waals surface area contributed by atoms with Crippen molar-refractivity contribution in [1.29, 1.82) is 5.26 Å². The number of hydrogen-bond donors (Lipinski definition) is 1. The number of likely N-dealkylation sites (tertiary alicyclic amines) is 1. The smallest absolute Gasteiger partial charge is 0.0794 e. The van der Waals surface area contributed by atoms with E-state index in [1.807, 2.05) is 6.92 Å². The summed E-state index contributed by atoms with van der Waals surface area (Å²) >= 11 is 0. The Kier molecular flexibility index (Phi) is 2.25. The molecule has 56 valence electrons. The molecule has 1 rings (SSSR count). The lowest BCUT2D eigenvalue weighted by Crippen LogP contribution is -2.54. The lowest BCUT2D eigenvalue weighted by atomic mass is 10.1. The van der Waals surface area contributed by atoms with Crippen molar-refractivity contribution in [3.63, 3.8) is 0 Å². The number of rotatable bonds is 2. The Morgan fingerprint density at radius 2 is 2.40 bits per heavy atom. The van der Waals surface area contributed by atoms with Crippen LogP contribution in [-0.2, 0) is 0 Å². The molecule has 1 unspecified atom stereocenters. The summed E-state index contributed by atoms with van der Waals surface area (Å²) in [4.78, 5) is 2.11. The van der Waals surface area contributed by atoms with Gasteiger partial charge in [0.1, 0.15) is 0 Å². The van der Waals surface area contributed by atoms with Gasteiger partial charge in [0.05, 0.1) is 18.6 Å². The molecule has 10 heavy (non-hydrogen) atoms. The SMILES string of the molecule is CC(CC#N)N1CC(O)C1. The van der Waals surface area contributed by atoms with E-state index in [1.54, 1.807) is 0 Å². The second-order valence-corrected chi connectivity index (χ2v) is 2.82. The maximum absolute atomic E-state index is 8.91. The van der Waals surface area contributed by atoms with Gasteiger partial charge in [0.2, 0.25) is 0 Å². The van der Waals surface area contributed by atoms with E-state index in [-0.39, 0.29) is 6.10 Å². The van der Waals surface area contributed by atoms with Crippen LogP contribution < -0.4 is 0 Å². The van der Waals surface area contributed by atoms with Crippen molar-refractivity contribution in [3.8, 4) is 6.07 Å². The maximum Gasteiger partial charge on any atom is 0.0794 e. The van der Waals surface area contributed by atoms with Crippen LogP contribution in [0.4, 0.5) is 0 Å². The first-order valence-electron chi connectivity index (χ1n) is 3.53. The van der Waals surface area contributed by atoms with Crippen LogP contribution in [0.25, 0.3) is 0 Å². The van der Waals surface area contributed by atoms with Crippen molar-refractivity contribution in [2.45, 2.75) is 25.5 Å². The van der Waals surface area contributed by atoms with Crippen LogP contribution in [0, 0.1) is 11.3 Å². The van der Waals surface area contributed by atoms with Crippen molar-refractivity contribution in [1.82, 2.24) is 4.90 Å². The molecule has 0 aromatic rings. The maximum atomic E-state index is 8.91. The largest absolute Gasteiger partial charge is 0.390 e. The van der Waals surface area contributed by atoms with Crippen molar-refractivity contribution in [2.75, 3.05) is 13.1 Å². The Labute approximate surface area is 60.9 Å². The van der Waals surface area contributed by atoms with Gasteiger partial charge in [0, 0.05) is 19.1 Å². The van der Waals surface area contributed by atoms with Crippen LogP contribution in [-0.4, -0.2) is 35.2 Å². The predicted molar refractivity (Wildman–Crippen MR) is 37.3 cm³/mol. The van der Waals surface area contributed by atoms with Gasteiger partial charge in [0.15, 0.2) is 0 Å². The van der Waals surface area contributed by atoms with Gasteiger partial charge in [-0.25, -0.2) is 0 Å². The zero-order valence-corrected chi connectivity index (χ0v) is 6.12. The lowest BCUT2D eigenvalue weighted by Gasteiger charge is -2.39. The minimum absolute atomic E-state index is 0.152. The van der Waals surface area contributed by atoms with Gasteiger partial charge in [0.25, 0.3) is 0 Å². The Bertz CT molecular complexity index is 146. The van der Waals surface area contributed by atoms with E-state index >= 15 is 0 Å². The molecule has 0 aromatic carbocycles. The van der Waals surface area contributed by atoms with Crippen molar-refractivity contribution < 1.29 is 5.11 Å². The molecule has 1 aliphatic rings. The number of nitriles is 1. The van der Waals surface area contributed by atoms with Crippen LogP contribution in [0.5, 0.6) is 0 Å². The fraction of sp³-hybridized carbons (Fsp3) is 0.857. The Morgan fingerprint density at radius 1 is 1.80 bits per heavy atom. The molecule has 0 aliphatic carbocycles. The molecule has 3 heteroatoms. The molecule has 0 radical (unpaired) electrons. The molecule has 0 aromatic heterocycles. The lowest BCUT2D eigenvalue weighted by molar-refractivity contribution is -0.0192. The number of β-amino-alcohol motifs (C(OH)–C–C–N with tert-alkyl or cyclic N) is 1. The second kappa shape index (κ2) is 3.00. The molecule has 0 saturated carbocycles. The Hall–Kier alpha value is -0.590. The summed E-state index contributed by atoms with van der Waals surface area (Å²) in [6.07, 6.45) is 0.411. The third kappa shape index (κ3) is 1.47. The first-order chi connectivity index (χ1) is 4.74. The van der Waals surface area contributed by atoms with E-state index in [0.717, 1.165) is 13.1 Å². The van der Waals surface area contributed by atoms with E-state index in [2.05, 4.69) is 11.0 Å².